The number of aromatic nitrogens is 4. The number of H-pyrrole nitrogens is 1. The zero-order chi connectivity index (χ0) is 19.2. The van der Waals surface area contributed by atoms with Crippen molar-refractivity contribution in [2.24, 2.45) is 0 Å². The third-order valence-corrected chi connectivity index (χ3v) is 6.83. The van der Waals surface area contributed by atoms with Crippen LogP contribution in [0, 0.1) is 0 Å². The summed E-state index contributed by atoms with van der Waals surface area (Å²) < 4.78 is 25.2. The lowest BCUT2D eigenvalue weighted by Crippen LogP contribution is -2.35. The maximum atomic E-state index is 12.2. The molecular formula is C13H19IN5O6P. The number of aliphatic hydroxyl groups excluding tert-OH is 1. The topological polar surface area (TPSA) is 166 Å². The molecule has 11 nitrogen and oxygen atoms in total. The van der Waals surface area contributed by atoms with Crippen LogP contribution in [0.3, 0.4) is 0 Å². The molecule has 1 saturated heterocycles. The van der Waals surface area contributed by atoms with Gasteiger partial charge in [0.1, 0.15) is 12.2 Å². The number of rotatable bonds is 5. The van der Waals surface area contributed by atoms with Crippen molar-refractivity contribution in [1.29, 1.82) is 0 Å². The molecule has 0 saturated carbocycles. The van der Waals surface area contributed by atoms with E-state index < -0.39 is 43.4 Å². The first-order valence-corrected chi connectivity index (χ1v) is 11.0. The molecule has 2 aromatic heterocycles. The van der Waals surface area contributed by atoms with Gasteiger partial charge in [-0.2, -0.15) is 4.98 Å². The molecule has 0 amide bonds. The van der Waals surface area contributed by atoms with Gasteiger partial charge in [0.05, 0.1) is 18.1 Å². The van der Waals surface area contributed by atoms with Gasteiger partial charge in [-0.25, -0.2) is 4.98 Å². The molecule has 5 atom stereocenters. The van der Waals surface area contributed by atoms with Crippen LogP contribution in [0.5, 0.6) is 0 Å². The van der Waals surface area contributed by atoms with Gasteiger partial charge in [0.2, 0.25) is 5.95 Å². The van der Waals surface area contributed by atoms with Crippen LogP contribution in [0.1, 0.15) is 20.1 Å². The Bertz CT molecular complexity index is 916. The third-order valence-electron chi connectivity index (χ3n) is 4.11. The predicted molar refractivity (Wildman–Crippen MR) is 101 cm³/mol. The molecule has 0 aliphatic carbocycles. The third kappa shape index (κ3) is 3.41. The number of nitrogens with zero attached hydrogens (tertiary/aromatic N) is 3. The second-order valence-electron chi connectivity index (χ2n) is 6.21. The highest BCUT2D eigenvalue weighted by molar-refractivity contribution is 14.1. The van der Waals surface area contributed by atoms with Crippen molar-refractivity contribution in [2.75, 3.05) is 10.2 Å². The number of halogens is 1. The zero-order valence-electron chi connectivity index (χ0n) is 13.9. The van der Waals surface area contributed by atoms with Gasteiger partial charge in [-0.3, -0.25) is 23.4 Å². The second kappa shape index (κ2) is 7.17. The van der Waals surface area contributed by atoms with Gasteiger partial charge in [-0.1, -0.05) is 36.4 Å². The maximum absolute atomic E-state index is 12.2. The minimum absolute atomic E-state index is 0.0420. The lowest BCUT2D eigenvalue weighted by atomic mass is 10.1. The molecule has 3 rings (SSSR count). The predicted octanol–water partition coefficient (Wildman–Crippen LogP) is 0.374. The Morgan fingerprint density at radius 1 is 1.58 bits per heavy atom. The molecule has 144 valence electrons. The molecule has 1 aliphatic heterocycles. The van der Waals surface area contributed by atoms with E-state index in [1.165, 1.54) is 10.9 Å². The maximum Gasteiger partial charge on any atom is 0.331 e. The smallest absolute Gasteiger partial charge is 0.331 e. The SMILES string of the molecule is CC(C)P(=O)(O)O[C@H]1[C@@H](O)[C@H](n2cnc3c(=O)[nH]c(N)nc32)O[C@@H]1CI. The highest BCUT2D eigenvalue weighted by Crippen LogP contribution is 2.51. The molecule has 0 aromatic carbocycles. The number of fused-ring (bicyclic) bond motifs is 1. The van der Waals surface area contributed by atoms with Crippen LogP contribution < -0.4 is 11.3 Å². The highest BCUT2D eigenvalue weighted by Gasteiger charge is 2.48. The first kappa shape index (κ1) is 19.7. The largest absolute Gasteiger partial charge is 0.386 e. The molecule has 3 heterocycles. The highest BCUT2D eigenvalue weighted by atomic mass is 127. The van der Waals surface area contributed by atoms with E-state index in [0.29, 0.717) is 4.43 Å². The van der Waals surface area contributed by atoms with Crippen molar-refractivity contribution < 1.29 is 23.8 Å². The molecule has 1 unspecified atom stereocenters. The molecule has 1 aliphatic rings. The van der Waals surface area contributed by atoms with E-state index in [1.54, 1.807) is 13.8 Å². The number of ether oxygens (including phenoxy) is 1. The molecule has 13 heteroatoms. The molecule has 1 fully saturated rings. The van der Waals surface area contributed by atoms with Crippen LogP contribution in [-0.4, -0.2) is 57.9 Å². The standard InChI is InChI=1S/C13H19IN5O6P/c1-5(2)26(22,23)25-9-6(3-14)24-12(8(9)20)19-4-16-7-10(19)17-13(15)18-11(7)21/h4-6,8-9,12,20H,3H2,1-2H3,(H,22,23)(H3,15,17,18,21)/t6-,8-,9-,12-/m1/s1. The Labute approximate surface area is 161 Å². The van der Waals surface area contributed by atoms with Gasteiger partial charge in [0.15, 0.2) is 17.4 Å². The van der Waals surface area contributed by atoms with E-state index >= 15 is 0 Å². The van der Waals surface area contributed by atoms with Crippen molar-refractivity contribution in [3.05, 3.63) is 16.7 Å². The monoisotopic (exact) mass is 499 g/mol. The van der Waals surface area contributed by atoms with Gasteiger partial charge in [0.25, 0.3) is 5.56 Å². The Kier molecular flexibility index (Phi) is 5.43. The summed E-state index contributed by atoms with van der Waals surface area (Å²) in [4.78, 5) is 32.3. The van der Waals surface area contributed by atoms with E-state index in [1.807, 2.05) is 22.6 Å². The number of aromatic amines is 1. The lowest BCUT2D eigenvalue weighted by molar-refractivity contribution is -0.0282. The minimum Gasteiger partial charge on any atom is -0.386 e. The van der Waals surface area contributed by atoms with Gasteiger partial charge >= 0.3 is 7.60 Å². The van der Waals surface area contributed by atoms with E-state index in [4.69, 9.17) is 15.0 Å². The number of imidazole rings is 1. The van der Waals surface area contributed by atoms with Gasteiger partial charge < -0.3 is 20.5 Å². The normalized spacial score (nSPS) is 28.7. The van der Waals surface area contributed by atoms with Crippen LogP contribution in [0.15, 0.2) is 11.1 Å². The second-order valence-corrected chi connectivity index (χ2v) is 9.47. The summed E-state index contributed by atoms with van der Waals surface area (Å²) in [5, 5.41) is 10.7. The number of hydrogen-bond donors (Lipinski definition) is 4. The van der Waals surface area contributed by atoms with Gasteiger partial charge in [-0.15, -0.1) is 0 Å². The minimum atomic E-state index is -3.93. The lowest BCUT2D eigenvalue weighted by Gasteiger charge is -2.24. The number of anilines is 1. The molecule has 0 spiro atoms. The molecule has 0 radical (unpaired) electrons. The Morgan fingerprint density at radius 3 is 2.88 bits per heavy atom. The van der Waals surface area contributed by atoms with Crippen LogP contribution in [-0.2, 0) is 13.8 Å². The fourth-order valence-electron chi connectivity index (χ4n) is 2.63. The molecule has 2 aromatic rings. The van der Waals surface area contributed by atoms with E-state index in [0.717, 1.165) is 0 Å². The number of hydrogen-bond acceptors (Lipinski definition) is 8. The Hall–Kier alpha value is -1.05. The average Bonchev–Trinajstić information content (AvgIpc) is 3.09. The van der Waals surface area contributed by atoms with Crippen LogP contribution in [0.2, 0.25) is 0 Å². The average molecular weight is 499 g/mol. The van der Waals surface area contributed by atoms with Gasteiger partial charge in [0, 0.05) is 4.43 Å². The molecular weight excluding hydrogens is 480 g/mol. The number of alkyl halides is 1. The van der Waals surface area contributed by atoms with E-state index in [2.05, 4.69) is 15.0 Å². The summed E-state index contributed by atoms with van der Waals surface area (Å²) in [5.41, 5.74) is 4.61. The van der Waals surface area contributed by atoms with Crippen molar-refractivity contribution in [2.45, 2.75) is 44.0 Å². The molecule has 0 bridgehead atoms. The Morgan fingerprint density at radius 2 is 2.27 bits per heavy atom. The number of aliphatic hydroxyl groups is 1. The number of nitrogens with one attached hydrogen (secondary N) is 1. The zero-order valence-corrected chi connectivity index (χ0v) is 17.0. The molecule has 26 heavy (non-hydrogen) atoms. The van der Waals surface area contributed by atoms with E-state index in [9.17, 15) is 19.4 Å². The first-order valence-electron chi connectivity index (χ1n) is 7.78. The van der Waals surface area contributed by atoms with Crippen molar-refractivity contribution in [1.82, 2.24) is 19.5 Å². The van der Waals surface area contributed by atoms with Crippen molar-refractivity contribution in [3.8, 4) is 0 Å². The number of nitrogen functional groups attached to an aromatic ring is 1. The fraction of sp³-hybridized carbons (Fsp3) is 0.615. The molecule has 5 N–H and O–H groups in total. The van der Waals surface area contributed by atoms with Gasteiger partial charge in [-0.05, 0) is 0 Å². The summed E-state index contributed by atoms with van der Waals surface area (Å²) >= 11 is 2.04. The summed E-state index contributed by atoms with van der Waals surface area (Å²) in [7, 11) is -3.93. The summed E-state index contributed by atoms with van der Waals surface area (Å²) in [6.45, 7) is 3.11. The summed E-state index contributed by atoms with van der Waals surface area (Å²) in [6.07, 6.45) is -2.62. The van der Waals surface area contributed by atoms with Crippen LogP contribution in [0.4, 0.5) is 5.95 Å². The Balaban J connectivity index is 1.98. The van der Waals surface area contributed by atoms with Crippen molar-refractivity contribution in [3.63, 3.8) is 0 Å². The fourth-order valence-corrected chi connectivity index (χ4v) is 4.19. The first-order chi connectivity index (χ1) is 12.2. The number of nitrogens with two attached hydrogens (primary N) is 1. The summed E-state index contributed by atoms with van der Waals surface area (Å²) in [6, 6.07) is 0. The van der Waals surface area contributed by atoms with Crippen LogP contribution >= 0.6 is 30.2 Å². The quantitative estimate of drug-likeness (QED) is 0.258. The van der Waals surface area contributed by atoms with Crippen LogP contribution in [0.25, 0.3) is 11.2 Å². The van der Waals surface area contributed by atoms with E-state index in [-0.39, 0.29) is 17.1 Å². The van der Waals surface area contributed by atoms with Crippen molar-refractivity contribution >= 4 is 47.3 Å². The summed E-state index contributed by atoms with van der Waals surface area (Å²) in [5.74, 6) is -0.102.